The van der Waals surface area contributed by atoms with Crippen LogP contribution in [-0.4, -0.2) is 22.9 Å². The van der Waals surface area contributed by atoms with Gasteiger partial charge < -0.3 is 5.32 Å². The molecule has 3 nitrogen and oxygen atoms in total. The van der Waals surface area contributed by atoms with Crippen LogP contribution in [0.4, 0.5) is 4.39 Å². The molecule has 2 aromatic rings. The molecule has 2 aliphatic carbocycles. The van der Waals surface area contributed by atoms with E-state index in [0.29, 0.717) is 29.2 Å². The van der Waals surface area contributed by atoms with E-state index in [1.807, 2.05) is 24.3 Å². The summed E-state index contributed by atoms with van der Waals surface area (Å²) < 4.78 is 13.3. The first-order valence-electron chi connectivity index (χ1n) is 9.16. The Morgan fingerprint density at radius 1 is 1.08 bits per heavy atom. The predicted octanol–water partition coefficient (Wildman–Crippen LogP) is 4.54. The molecule has 4 rings (SSSR count). The summed E-state index contributed by atoms with van der Waals surface area (Å²) in [7, 11) is 0. The van der Waals surface area contributed by atoms with E-state index in [1.54, 1.807) is 6.07 Å². The fourth-order valence-corrected chi connectivity index (χ4v) is 3.34. The third-order valence-electron chi connectivity index (χ3n) is 4.97. The normalized spacial score (nSPS) is 16.7. The van der Waals surface area contributed by atoms with Crippen molar-refractivity contribution in [3.05, 3.63) is 70.0 Å². The lowest BCUT2D eigenvalue weighted by Crippen LogP contribution is -2.26. The molecule has 0 atom stereocenters. The molecule has 2 fully saturated rings. The molecule has 5 heteroatoms. The van der Waals surface area contributed by atoms with E-state index in [0.717, 1.165) is 30.5 Å². The molecule has 1 amide bonds. The van der Waals surface area contributed by atoms with Crippen LogP contribution in [0.25, 0.3) is 0 Å². The van der Waals surface area contributed by atoms with Gasteiger partial charge in [-0.05, 0) is 61.1 Å². The van der Waals surface area contributed by atoms with Crippen molar-refractivity contribution in [2.24, 2.45) is 0 Å². The summed E-state index contributed by atoms with van der Waals surface area (Å²) in [6, 6.07) is 13.3. The molecule has 0 aromatic heterocycles. The van der Waals surface area contributed by atoms with Gasteiger partial charge in [0.15, 0.2) is 0 Å². The van der Waals surface area contributed by atoms with Crippen LogP contribution in [0.3, 0.4) is 0 Å². The average molecular weight is 373 g/mol. The van der Waals surface area contributed by atoms with Gasteiger partial charge in [0, 0.05) is 35.8 Å². The molecular weight excluding hydrogens is 351 g/mol. The van der Waals surface area contributed by atoms with Crippen molar-refractivity contribution in [2.45, 2.75) is 50.9 Å². The molecular formula is C21H22ClFN2O. The summed E-state index contributed by atoms with van der Waals surface area (Å²) in [6.45, 7) is 1.50. The highest BCUT2D eigenvalue weighted by Gasteiger charge is 2.29. The second-order valence-corrected chi connectivity index (χ2v) is 7.72. The zero-order valence-electron chi connectivity index (χ0n) is 14.6. The van der Waals surface area contributed by atoms with Crippen molar-refractivity contribution in [3.8, 4) is 0 Å². The first-order chi connectivity index (χ1) is 12.6. The number of carbonyl (C=O) groups excluding carboxylic acids is 1. The Morgan fingerprint density at radius 3 is 2.42 bits per heavy atom. The number of rotatable bonds is 7. The number of nitrogens with one attached hydrogen (secondary N) is 1. The molecule has 2 aromatic carbocycles. The lowest BCUT2D eigenvalue weighted by atomic mass is 10.1. The molecule has 136 valence electrons. The standard InChI is InChI=1S/C21H22ClFN2O/c22-20-11-17(23)6-5-16(20)13-25(19-9-10-19)12-14-1-3-15(4-2-14)21(26)24-18-7-8-18/h1-6,11,18-19H,7-10,12-13H2,(H,24,26). The summed E-state index contributed by atoms with van der Waals surface area (Å²) >= 11 is 6.19. The Balaban J connectivity index is 1.42. The van der Waals surface area contributed by atoms with Gasteiger partial charge in [0.25, 0.3) is 5.91 Å². The maximum atomic E-state index is 13.3. The molecule has 2 saturated carbocycles. The summed E-state index contributed by atoms with van der Waals surface area (Å²) in [6.07, 6.45) is 4.54. The van der Waals surface area contributed by atoms with Crippen LogP contribution in [-0.2, 0) is 13.1 Å². The van der Waals surface area contributed by atoms with E-state index in [4.69, 9.17) is 11.6 Å². The zero-order valence-corrected chi connectivity index (χ0v) is 15.3. The molecule has 1 N–H and O–H groups in total. The molecule has 0 aliphatic heterocycles. The monoisotopic (exact) mass is 372 g/mol. The van der Waals surface area contributed by atoms with Crippen molar-refractivity contribution in [2.75, 3.05) is 0 Å². The van der Waals surface area contributed by atoms with Crippen LogP contribution in [0.5, 0.6) is 0 Å². The highest BCUT2D eigenvalue weighted by molar-refractivity contribution is 6.31. The SMILES string of the molecule is O=C(NC1CC1)c1ccc(CN(Cc2ccc(F)cc2Cl)C2CC2)cc1. The number of nitrogens with zero attached hydrogens (tertiary/aromatic N) is 1. The second kappa shape index (κ2) is 7.37. The Bertz CT molecular complexity index is 800. The Hall–Kier alpha value is -1.91. The van der Waals surface area contributed by atoms with Crippen LogP contribution in [0.15, 0.2) is 42.5 Å². The summed E-state index contributed by atoms with van der Waals surface area (Å²) in [5, 5.41) is 3.48. The third-order valence-corrected chi connectivity index (χ3v) is 5.32. The number of halogens is 2. The molecule has 0 radical (unpaired) electrons. The third kappa shape index (κ3) is 4.43. The number of carbonyl (C=O) groups is 1. The number of hydrogen-bond acceptors (Lipinski definition) is 2. The smallest absolute Gasteiger partial charge is 0.251 e. The van der Waals surface area contributed by atoms with E-state index in [1.165, 1.54) is 25.0 Å². The van der Waals surface area contributed by atoms with Crippen molar-refractivity contribution in [1.82, 2.24) is 10.2 Å². The first kappa shape index (κ1) is 17.5. The summed E-state index contributed by atoms with van der Waals surface area (Å²) in [5.74, 6) is -0.298. The minimum atomic E-state index is -0.309. The van der Waals surface area contributed by atoms with Gasteiger partial charge in [0.2, 0.25) is 0 Å². The van der Waals surface area contributed by atoms with Gasteiger partial charge in [0.1, 0.15) is 5.82 Å². The van der Waals surface area contributed by atoms with Gasteiger partial charge in [-0.1, -0.05) is 29.8 Å². The highest BCUT2D eigenvalue weighted by atomic mass is 35.5. The van der Waals surface area contributed by atoms with Crippen LogP contribution < -0.4 is 5.32 Å². The number of hydrogen-bond donors (Lipinski definition) is 1. The van der Waals surface area contributed by atoms with E-state index < -0.39 is 0 Å². The second-order valence-electron chi connectivity index (χ2n) is 7.32. The topological polar surface area (TPSA) is 32.3 Å². The van der Waals surface area contributed by atoms with E-state index in [9.17, 15) is 9.18 Å². The van der Waals surface area contributed by atoms with Gasteiger partial charge in [-0.2, -0.15) is 0 Å². The van der Waals surface area contributed by atoms with Gasteiger partial charge in [0.05, 0.1) is 0 Å². The lowest BCUT2D eigenvalue weighted by molar-refractivity contribution is 0.0951. The van der Waals surface area contributed by atoms with E-state index >= 15 is 0 Å². The molecule has 0 unspecified atom stereocenters. The number of benzene rings is 2. The van der Waals surface area contributed by atoms with Gasteiger partial charge in [-0.3, -0.25) is 9.69 Å². The molecule has 0 bridgehead atoms. The van der Waals surface area contributed by atoms with Crippen molar-refractivity contribution < 1.29 is 9.18 Å². The molecule has 0 spiro atoms. The van der Waals surface area contributed by atoms with E-state index in [-0.39, 0.29) is 11.7 Å². The Kier molecular flexibility index (Phi) is 4.96. The minimum Gasteiger partial charge on any atom is -0.349 e. The molecule has 26 heavy (non-hydrogen) atoms. The summed E-state index contributed by atoms with van der Waals surface area (Å²) in [5.41, 5.74) is 2.82. The maximum absolute atomic E-state index is 13.3. The predicted molar refractivity (Wildman–Crippen MR) is 101 cm³/mol. The average Bonchev–Trinajstić information content (AvgIpc) is 3.51. The molecule has 0 heterocycles. The largest absolute Gasteiger partial charge is 0.349 e. The quantitative estimate of drug-likeness (QED) is 0.774. The minimum absolute atomic E-state index is 0.0104. The number of amides is 1. The Labute approximate surface area is 158 Å². The van der Waals surface area contributed by atoms with Gasteiger partial charge in [-0.25, -0.2) is 4.39 Å². The van der Waals surface area contributed by atoms with Gasteiger partial charge >= 0.3 is 0 Å². The maximum Gasteiger partial charge on any atom is 0.251 e. The Morgan fingerprint density at radius 2 is 1.81 bits per heavy atom. The summed E-state index contributed by atoms with van der Waals surface area (Å²) in [4.78, 5) is 14.5. The van der Waals surface area contributed by atoms with E-state index in [2.05, 4.69) is 10.2 Å². The van der Waals surface area contributed by atoms with Crippen molar-refractivity contribution in [3.63, 3.8) is 0 Å². The molecule has 2 aliphatic rings. The first-order valence-corrected chi connectivity index (χ1v) is 9.54. The fraction of sp³-hybridized carbons (Fsp3) is 0.381. The lowest BCUT2D eigenvalue weighted by Gasteiger charge is -2.23. The molecule has 0 saturated heterocycles. The van der Waals surface area contributed by atoms with Crippen molar-refractivity contribution >= 4 is 17.5 Å². The fourth-order valence-electron chi connectivity index (χ4n) is 3.11. The van der Waals surface area contributed by atoms with Crippen LogP contribution in [0.1, 0.15) is 47.2 Å². The highest BCUT2D eigenvalue weighted by Crippen LogP contribution is 2.31. The zero-order chi connectivity index (χ0) is 18.1. The van der Waals surface area contributed by atoms with Crippen LogP contribution >= 0.6 is 11.6 Å². The van der Waals surface area contributed by atoms with Crippen LogP contribution in [0.2, 0.25) is 5.02 Å². The van der Waals surface area contributed by atoms with Gasteiger partial charge in [-0.15, -0.1) is 0 Å². The van der Waals surface area contributed by atoms with Crippen molar-refractivity contribution in [1.29, 1.82) is 0 Å². The van der Waals surface area contributed by atoms with Crippen LogP contribution in [0, 0.1) is 5.82 Å².